The van der Waals surface area contributed by atoms with E-state index in [0.717, 1.165) is 15.6 Å². The lowest BCUT2D eigenvalue weighted by Crippen LogP contribution is -2.13. The lowest BCUT2D eigenvalue weighted by Gasteiger charge is -2.05. The van der Waals surface area contributed by atoms with Gasteiger partial charge in [-0.05, 0) is 6.92 Å². The number of aromatic nitrogens is 2. The Bertz CT molecular complexity index is 411. The molecule has 0 aliphatic rings. The molecule has 15 heavy (non-hydrogen) atoms. The van der Waals surface area contributed by atoms with Crippen molar-refractivity contribution in [2.75, 3.05) is 0 Å². The third-order valence-electron chi connectivity index (χ3n) is 2.00. The van der Waals surface area contributed by atoms with Gasteiger partial charge >= 0.3 is 0 Å². The average molecular weight is 240 g/mol. The maximum atomic E-state index is 9.83. The molecule has 0 fully saturated rings. The van der Waals surface area contributed by atoms with Crippen LogP contribution in [0.2, 0.25) is 0 Å². The minimum atomic E-state index is -0.351. The van der Waals surface area contributed by atoms with Crippen molar-refractivity contribution in [3.63, 3.8) is 0 Å². The van der Waals surface area contributed by atoms with Gasteiger partial charge in [-0.25, -0.2) is 4.98 Å². The second kappa shape index (κ2) is 4.83. The van der Waals surface area contributed by atoms with Gasteiger partial charge in [-0.15, -0.1) is 22.7 Å². The molecule has 5 heteroatoms. The van der Waals surface area contributed by atoms with Crippen LogP contribution in [0.3, 0.4) is 0 Å². The zero-order chi connectivity index (χ0) is 10.7. The van der Waals surface area contributed by atoms with Gasteiger partial charge in [-0.2, -0.15) is 0 Å². The molecule has 0 amide bonds. The third-order valence-corrected chi connectivity index (χ3v) is 3.79. The Morgan fingerprint density at radius 1 is 1.40 bits per heavy atom. The molecule has 0 spiro atoms. The summed E-state index contributed by atoms with van der Waals surface area (Å²) in [5.74, 6) is 0. The summed E-state index contributed by atoms with van der Waals surface area (Å²) in [5.41, 5.74) is 2.82. The Morgan fingerprint density at radius 2 is 2.27 bits per heavy atom. The van der Waals surface area contributed by atoms with Gasteiger partial charge < -0.3 is 5.11 Å². The molecule has 0 saturated carbocycles. The Hall–Kier alpha value is -0.780. The number of aryl methyl sites for hydroxylation is 1. The number of nitrogens with zero attached hydrogens (tertiary/aromatic N) is 2. The van der Waals surface area contributed by atoms with Crippen LogP contribution in [-0.4, -0.2) is 21.2 Å². The zero-order valence-corrected chi connectivity index (χ0v) is 10.0. The number of aliphatic hydroxyl groups is 1. The molecule has 2 aromatic heterocycles. The first-order valence-corrected chi connectivity index (χ1v) is 6.46. The molecule has 1 atom stereocenters. The summed E-state index contributed by atoms with van der Waals surface area (Å²) >= 11 is 3.19. The van der Waals surface area contributed by atoms with E-state index < -0.39 is 0 Å². The zero-order valence-electron chi connectivity index (χ0n) is 8.38. The van der Waals surface area contributed by atoms with Crippen molar-refractivity contribution in [1.29, 1.82) is 0 Å². The van der Waals surface area contributed by atoms with Gasteiger partial charge in [-0.1, -0.05) is 0 Å². The molecule has 1 N–H and O–H groups in total. The van der Waals surface area contributed by atoms with Gasteiger partial charge in [0.1, 0.15) is 0 Å². The Kier molecular flexibility index (Phi) is 3.45. The molecule has 2 aromatic rings. The topological polar surface area (TPSA) is 46.0 Å². The summed E-state index contributed by atoms with van der Waals surface area (Å²) in [6.45, 7) is 1.97. The largest absolute Gasteiger partial charge is 0.392 e. The number of hydrogen-bond acceptors (Lipinski definition) is 5. The number of thiazole rings is 2. The first kappa shape index (κ1) is 10.7. The lowest BCUT2D eigenvalue weighted by atomic mass is 10.2. The van der Waals surface area contributed by atoms with E-state index >= 15 is 0 Å². The van der Waals surface area contributed by atoms with E-state index in [-0.39, 0.29) is 6.10 Å². The van der Waals surface area contributed by atoms with Crippen LogP contribution in [0.25, 0.3) is 0 Å². The van der Waals surface area contributed by atoms with E-state index in [9.17, 15) is 5.11 Å². The fourth-order valence-electron chi connectivity index (χ4n) is 1.35. The van der Waals surface area contributed by atoms with Crippen molar-refractivity contribution in [3.8, 4) is 0 Å². The summed E-state index contributed by atoms with van der Waals surface area (Å²) in [5, 5.41) is 12.8. The first-order valence-electron chi connectivity index (χ1n) is 4.70. The molecule has 0 aliphatic heterocycles. The molecule has 0 radical (unpaired) electrons. The van der Waals surface area contributed by atoms with Crippen LogP contribution in [0.5, 0.6) is 0 Å². The SMILES string of the molecule is Cc1csc(CC(O)Cc2cncs2)n1. The van der Waals surface area contributed by atoms with E-state index in [1.165, 1.54) is 0 Å². The molecule has 3 nitrogen and oxygen atoms in total. The second-order valence-corrected chi connectivity index (χ2v) is 5.33. The van der Waals surface area contributed by atoms with Crippen molar-refractivity contribution in [3.05, 3.63) is 32.7 Å². The summed E-state index contributed by atoms with van der Waals surface area (Å²) < 4.78 is 0. The third kappa shape index (κ3) is 3.09. The normalized spacial score (nSPS) is 12.9. The van der Waals surface area contributed by atoms with Gasteiger partial charge in [0.2, 0.25) is 0 Å². The van der Waals surface area contributed by atoms with E-state index in [2.05, 4.69) is 9.97 Å². The highest BCUT2D eigenvalue weighted by Gasteiger charge is 2.10. The first-order chi connectivity index (χ1) is 7.24. The molecular weight excluding hydrogens is 228 g/mol. The van der Waals surface area contributed by atoms with Gasteiger partial charge in [0.05, 0.1) is 16.6 Å². The average Bonchev–Trinajstić information content (AvgIpc) is 2.77. The summed E-state index contributed by atoms with van der Waals surface area (Å²) in [6.07, 6.45) is 2.76. The highest BCUT2D eigenvalue weighted by Crippen LogP contribution is 2.15. The van der Waals surface area contributed by atoms with Crippen LogP contribution in [0.1, 0.15) is 15.6 Å². The summed E-state index contributed by atoms with van der Waals surface area (Å²) in [6, 6.07) is 0. The second-order valence-electron chi connectivity index (χ2n) is 3.41. The number of rotatable bonds is 4. The molecule has 2 heterocycles. The van der Waals surface area contributed by atoms with Crippen LogP contribution >= 0.6 is 22.7 Å². The van der Waals surface area contributed by atoms with Gasteiger partial charge in [0.25, 0.3) is 0 Å². The minimum absolute atomic E-state index is 0.351. The molecule has 0 bridgehead atoms. The highest BCUT2D eigenvalue weighted by molar-refractivity contribution is 7.09. The Labute approximate surface area is 96.5 Å². The van der Waals surface area contributed by atoms with Crippen molar-refractivity contribution < 1.29 is 5.11 Å². The van der Waals surface area contributed by atoms with Crippen LogP contribution in [0.15, 0.2) is 17.1 Å². The standard InChI is InChI=1S/C10H12N2OS2/c1-7-5-14-10(12-7)3-8(13)2-9-4-11-6-15-9/h4-6,8,13H,2-3H2,1H3. The predicted molar refractivity (Wildman–Crippen MR) is 62.4 cm³/mol. The summed E-state index contributed by atoms with van der Waals surface area (Å²) in [7, 11) is 0. The molecule has 80 valence electrons. The van der Waals surface area contributed by atoms with Crippen molar-refractivity contribution in [2.24, 2.45) is 0 Å². The van der Waals surface area contributed by atoms with E-state index in [1.54, 1.807) is 34.4 Å². The molecule has 0 aromatic carbocycles. The monoisotopic (exact) mass is 240 g/mol. The maximum absolute atomic E-state index is 9.83. The lowest BCUT2D eigenvalue weighted by molar-refractivity contribution is 0.176. The van der Waals surface area contributed by atoms with Gasteiger partial charge in [0, 0.05) is 35.0 Å². The fourth-order valence-corrected chi connectivity index (χ4v) is 2.86. The summed E-state index contributed by atoms with van der Waals surface area (Å²) in [4.78, 5) is 9.43. The molecule has 0 saturated heterocycles. The smallest absolute Gasteiger partial charge is 0.0954 e. The Balaban J connectivity index is 1.90. The maximum Gasteiger partial charge on any atom is 0.0954 e. The van der Waals surface area contributed by atoms with Gasteiger partial charge in [0.15, 0.2) is 0 Å². The van der Waals surface area contributed by atoms with Crippen molar-refractivity contribution in [2.45, 2.75) is 25.9 Å². The minimum Gasteiger partial charge on any atom is -0.392 e. The molecule has 2 rings (SSSR count). The van der Waals surface area contributed by atoms with Gasteiger partial charge in [-0.3, -0.25) is 4.98 Å². The van der Waals surface area contributed by atoms with Crippen molar-refractivity contribution in [1.82, 2.24) is 9.97 Å². The van der Waals surface area contributed by atoms with Crippen LogP contribution in [-0.2, 0) is 12.8 Å². The highest BCUT2D eigenvalue weighted by atomic mass is 32.1. The van der Waals surface area contributed by atoms with Crippen LogP contribution in [0, 0.1) is 6.92 Å². The molecular formula is C10H12N2OS2. The van der Waals surface area contributed by atoms with E-state index in [0.29, 0.717) is 12.8 Å². The predicted octanol–water partition coefficient (Wildman–Crippen LogP) is 2.05. The van der Waals surface area contributed by atoms with E-state index in [4.69, 9.17) is 0 Å². The molecule has 1 unspecified atom stereocenters. The quantitative estimate of drug-likeness (QED) is 0.889. The number of aliphatic hydroxyl groups excluding tert-OH is 1. The van der Waals surface area contributed by atoms with Crippen LogP contribution in [0.4, 0.5) is 0 Å². The Morgan fingerprint density at radius 3 is 2.87 bits per heavy atom. The number of hydrogen-bond donors (Lipinski definition) is 1. The fraction of sp³-hybridized carbons (Fsp3) is 0.400. The van der Waals surface area contributed by atoms with E-state index in [1.807, 2.05) is 12.3 Å². The molecule has 0 aliphatic carbocycles. The van der Waals surface area contributed by atoms with Crippen molar-refractivity contribution >= 4 is 22.7 Å². The van der Waals surface area contributed by atoms with Crippen LogP contribution < -0.4 is 0 Å².